The van der Waals surface area contributed by atoms with Crippen molar-refractivity contribution in [1.29, 1.82) is 0 Å². The number of hydrogen-bond donors (Lipinski definition) is 2. The van der Waals surface area contributed by atoms with Gasteiger partial charge in [-0.1, -0.05) is 23.2 Å². The number of nitrogens with two attached hydrogens (primary N) is 2. The number of halogens is 2. The fraction of sp³-hybridized carbons (Fsp3) is 0.429. The van der Waals surface area contributed by atoms with E-state index in [2.05, 4.69) is 38.5 Å². The van der Waals surface area contributed by atoms with E-state index in [1.807, 2.05) is 19.1 Å². The van der Waals surface area contributed by atoms with Crippen LogP contribution in [0.3, 0.4) is 0 Å². The highest BCUT2D eigenvalue weighted by atomic mass is 35.5. The van der Waals surface area contributed by atoms with Gasteiger partial charge in [0.1, 0.15) is 0 Å². The molecule has 6 nitrogen and oxygen atoms in total. The molecule has 0 amide bonds. The first-order valence-electron chi connectivity index (χ1n) is 6.95. The third kappa shape index (κ3) is 3.59. The molecule has 0 saturated carbocycles. The van der Waals surface area contributed by atoms with Gasteiger partial charge in [0.15, 0.2) is 11.0 Å². The Morgan fingerprint density at radius 2 is 1.59 bits per heavy atom. The summed E-state index contributed by atoms with van der Waals surface area (Å²) in [6, 6.07) is 3.78. The Morgan fingerprint density at radius 3 is 2.23 bits per heavy atom. The minimum Gasteiger partial charge on any atom is -0.351 e. The van der Waals surface area contributed by atoms with Crippen LogP contribution in [-0.2, 0) is 0 Å². The first-order chi connectivity index (χ1) is 10.5. The van der Waals surface area contributed by atoms with E-state index in [4.69, 9.17) is 23.2 Å². The fourth-order valence-electron chi connectivity index (χ4n) is 2.37. The number of benzene rings is 1. The van der Waals surface area contributed by atoms with Crippen LogP contribution in [0.1, 0.15) is 5.56 Å². The zero-order chi connectivity index (χ0) is 16.3. The molecule has 3 rings (SSSR count). The lowest BCUT2D eigenvalue weighted by Crippen LogP contribution is -2.45. The van der Waals surface area contributed by atoms with Gasteiger partial charge in [-0.3, -0.25) is 11.7 Å². The Bertz CT molecular complexity index is 655. The summed E-state index contributed by atoms with van der Waals surface area (Å²) in [5.74, 6) is 8.77. The number of nitrogens with zero attached hydrogens (tertiary/aromatic N) is 4. The van der Waals surface area contributed by atoms with Gasteiger partial charge in [0.05, 0.1) is 11.0 Å². The number of aryl methyl sites for hydroxylation is 1. The molecular weight excluding hydrogens is 323 g/mol. The van der Waals surface area contributed by atoms with Crippen LogP contribution in [-0.4, -0.2) is 48.1 Å². The van der Waals surface area contributed by atoms with E-state index < -0.39 is 0 Å². The Hall–Kier alpha value is -1.18. The lowest BCUT2D eigenvalue weighted by molar-refractivity contribution is 0.312. The maximum absolute atomic E-state index is 6.29. The normalized spacial score (nSPS) is 15.6. The predicted octanol–water partition coefficient (Wildman–Crippen LogP) is 1.82. The van der Waals surface area contributed by atoms with Gasteiger partial charge in [-0.25, -0.2) is 9.97 Å². The number of hydrogen-bond acceptors (Lipinski definition) is 6. The van der Waals surface area contributed by atoms with Crippen molar-refractivity contribution >= 4 is 40.1 Å². The molecule has 0 spiro atoms. The zero-order valence-corrected chi connectivity index (χ0v) is 14.2. The molecule has 8 heteroatoms. The van der Waals surface area contributed by atoms with E-state index in [0.717, 1.165) is 48.6 Å². The maximum atomic E-state index is 6.29. The topological polar surface area (TPSA) is 84.3 Å². The van der Waals surface area contributed by atoms with E-state index in [1.165, 1.54) is 0 Å². The standard InChI is InChI=1S/C14H16Cl2N4.H4N2/c1-9-7-11-12(8-10(9)15)17-13(16)14(18-11)20-5-3-19(2)4-6-20;1-2/h7-8H,3-6H2,1-2H3;1-2H2. The van der Waals surface area contributed by atoms with Crippen LogP contribution in [0.5, 0.6) is 0 Å². The summed E-state index contributed by atoms with van der Waals surface area (Å²) < 4.78 is 0. The first-order valence-corrected chi connectivity index (χ1v) is 7.70. The summed E-state index contributed by atoms with van der Waals surface area (Å²) in [6.45, 7) is 5.82. The summed E-state index contributed by atoms with van der Waals surface area (Å²) in [5.41, 5.74) is 2.58. The second-order valence-electron chi connectivity index (χ2n) is 5.22. The predicted molar refractivity (Wildman–Crippen MR) is 92.4 cm³/mol. The van der Waals surface area contributed by atoms with Crippen LogP contribution in [0, 0.1) is 6.92 Å². The van der Waals surface area contributed by atoms with Crippen LogP contribution in [0.4, 0.5) is 5.82 Å². The number of aromatic nitrogens is 2. The average Bonchev–Trinajstić information content (AvgIpc) is 2.51. The minimum atomic E-state index is 0.446. The lowest BCUT2D eigenvalue weighted by Gasteiger charge is -2.33. The fourth-order valence-corrected chi connectivity index (χ4v) is 2.78. The maximum Gasteiger partial charge on any atom is 0.172 e. The van der Waals surface area contributed by atoms with Crippen LogP contribution in [0.25, 0.3) is 11.0 Å². The van der Waals surface area contributed by atoms with Crippen molar-refractivity contribution in [3.8, 4) is 0 Å². The van der Waals surface area contributed by atoms with Gasteiger partial charge < -0.3 is 9.80 Å². The molecular formula is C14H20Cl2N6. The van der Waals surface area contributed by atoms with E-state index in [9.17, 15) is 0 Å². The SMILES string of the molecule is Cc1cc2nc(N3CCN(C)CC3)c(Cl)nc2cc1Cl.NN. The van der Waals surface area contributed by atoms with Crippen molar-refractivity contribution in [3.63, 3.8) is 0 Å². The Balaban J connectivity index is 0.000000847. The summed E-state index contributed by atoms with van der Waals surface area (Å²) in [5, 5.41) is 1.14. The van der Waals surface area contributed by atoms with Crippen molar-refractivity contribution in [2.75, 3.05) is 38.1 Å². The zero-order valence-electron chi connectivity index (χ0n) is 12.7. The highest BCUT2D eigenvalue weighted by Gasteiger charge is 2.19. The molecule has 1 aliphatic rings. The molecule has 120 valence electrons. The van der Waals surface area contributed by atoms with Crippen LogP contribution in [0.2, 0.25) is 10.2 Å². The van der Waals surface area contributed by atoms with Crippen molar-refractivity contribution < 1.29 is 0 Å². The minimum absolute atomic E-state index is 0.446. The summed E-state index contributed by atoms with van der Waals surface area (Å²) in [7, 11) is 2.12. The second kappa shape index (κ2) is 7.39. The Morgan fingerprint density at radius 1 is 1.00 bits per heavy atom. The highest BCUT2D eigenvalue weighted by molar-refractivity contribution is 6.33. The largest absolute Gasteiger partial charge is 0.351 e. The Kier molecular flexibility index (Phi) is 5.77. The quantitative estimate of drug-likeness (QED) is 0.607. The van der Waals surface area contributed by atoms with E-state index in [-0.39, 0.29) is 0 Å². The van der Waals surface area contributed by atoms with Crippen LogP contribution < -0.4 is 16.6 Å². The number of hydrazine groups is 1. The van der Waals surface area contributed by atoms with Crippen molar-refractivity contribution in [3.05, 3.63) is 27.9 Å². The molecule has 0 bridgehead atoms. The molecule has 0 atom stereocenters. The molecule has 0 aliphatic carbocycles. The Labute approximate surface area is 140 Å². The molecule has 1 aromatic heterocycles. The third-order valence-corrected chi connectivity index (χ3v) is 4.35. The van der Waals surface area contributed by atoms with Crippen LogP contribution in [0.15, 0.2) is 12.1 Å². The van der Waals surface area contributed by atoms with Gasteiger partial charge in [-0.2, -0.15) is 0 Å². The average molecular weight is 343 g/mol. The number of fused-ring (bicyclic) bond motifs is 1. The molecule has 4 N–H and O–H groups in total. The second-order valence-corrected chi connectivity index (χ2v) is 5.98. The summed E-state index contributed by atoms with van der Waals surface area (Å²) in [6.07, 6.45) is 0. The van der Waals surface area contributed by atoms with E-state index >= 15 is 0 Å². The summed E-state index contributed by atoms with van der Waals surface area (Å²) >= 11 is 12.4. The van der Waals surface area contributed by atoms with E-state index in [1.54, 1.807) is 0 Å². The lowest BCUT2D eigenvalue weighted by atomic mass is 10.2. The molecule has 0 radical (unpaired) electrons. The van der Waals surface area contributed by atoms with Gasteiger partial charge in [0.2, 0.25) is 0 Å². The number of likely N-dealkylation sites (N-methyl/N-ethyl adjacent to an activating group) is 1. The molecule has 1 aliphatic heterocycles. The smallest absolute Gasteiger partial charge is 0.172 e. The number of piperazine rings is 1. The van der Waals surface area contributed by atoms with Gasteiger partial charge in [-0.15, -0.1) is 0 Å². The summed E-state index contributed by atoms with van der Waals surface area (Å²) in [4.78, 5) is 13.6. The first kappa shape index (κ1) is 17.2. The van der Waals surface area contributed by atoms with Gasteiger partial charge in [-0.05, 0) is 31.7 Å². The molecule has 1 fully saturated rings. The molecule has 1 saturated heterocycles. The monoisotopic (exact) mass is 342 g/mol. The third-order valence-electron chi connectivity index (χ3n) is 3.69. The molecule has 2 heterocycles. The van der Waals surface area contributed by atoms with Gasteiger partial charge in [0.25, 0.3) is 0 Å². The van der Waals surface area contributed by atoms with Crippen LogP contribution >= 0.6 is 23.2 Å². The highest BCUT2D eigenvalue weighted by Crippen LogP contribution is 2.28. The number of rotatable bonds is 1. The molecule has 0 unspecified atom stereocenters. The molecule has 1 aromatic carbocycles. The number of anilines is 1. The van der Waals surface area contributed by atoms with Gasteiger partial charge in [0, 0.05) is 31.2 Å². The molecule has 22 heavy (non-hydrogen) atoms. The van der Waals surface area contributed by atoms with E-state index in [0.29, 0.717) is 10.2 Å². The van der Waals surface area contributed by atoms with Gasteiger partial charge >= 0.3 is 0 Å². The molecule has 2 aromatic rings. The van der Waals surface area contributed by atoms with Crippen molar-refractivity contribution in [2.24, 2.45) is 11.7 Å². The van der Waals surface area contributed by atoms with Crippen molar-refractivity contribution in [2.45, 2.75) is 6.92 Å². The van der Waals surface area contributed by atoms with Crippen molar-refractivity contribution in [1.82, 2.24) is 14.9 Å².